The molecule has 0 atom stereocenters. The molecule has 2 N–H and O–H groups in total. The van der Waals surface area contributed by atoms with E-state index in [4.69, 9.17) is 0 Å². The van der Waals surface area contributed by atoms with Crippen LogP contribution in [0.5, 0.6) is 0 Å². The smallest absolute Gasteiger partial charge is 0.0522 e. The van der Waals surface area contributed by atoms with Crippen LogP contribution >= 0.6 is 15.9 Å². The van der Waals surface area contributed by atoms with Crippen molar-refractivity contribution in [2.75, 3.05) is 6.54 Å². The zero-order chi connectivity index (χ0) is 13.7. The van der Waals surface area contributed by atoms with E-state index in [-0.39, 0.29) is 0 Å². The van der Waals surface area contributed by atoms with E-state index >= 15 is 0 Å². The van der Waals surface area contributed by atoms with E-state index in [0.717, 1.165) is 25.9 Å². The molecule has 3 nitrogen and oxygen atoms in total. The van der Waals surface area contributed by atoms with Gasteiger partial charge in [-0.25, -0.2) is 0 Å². The highest BCUT2D eigenvalue weighted by Gasteiger charge is 2.00. The third kappa shape index (κ3) is 4.18. The second-order valence-electron chi connectivity index (χ2n) is 4.88. The van der Waals surface area contributed by atoms with Crippen LogP contribution in [-0.4, -0.2) is 16.7 Å². The van der Waals surface area contributed by atoms with Crippen LogP contribution in [0.2, 0.25) is 0 Å². The van der Waals surface area contributed by atoms with Gasteiger partial charge in [-0.1, -0.05) is 28.1 Å². The highest BCUT2D eigenvalue weighted by molar-refractivity contribution is 9.10. The summed E-state index contributed by atoms with van der Waals surface area (Å²) in [6, 6.07) is 6.51. The summed E-state index contributed by atoms with van der Waals surface area (Å²) in [4.78, 5) is 0. The van der Waals surface area contributed by atoms with Crippen molar-refractivity contribution in [2.24, 2.45) is 0 Å². The lowest BCUT2D eigenvalue weighted by molar-refractivity contribution is 0.648. The SMILES string of the molecule is Cc1ccc(CNCCCc2cn[nH]c2C)cc1Br. The van der Waals surface area contributed by atoms with E-state index in [9.17, 15) is 0 Å². The summed E-state index contributed by atoms with van der Waals surface area (Å²) in [6.45, 7) is 6.12. The Morgan fingerprint density at radius 3 is 2.84 bits per heavy atom. The van der Waals surface area contributed by atoms with Gasteiger partial charge in [0.25, 0.3) is 0 Å². The number of hydrogen-bond donors (Lipinski definition) is 2. The first-order chi connectivity index (χ1) is 9.16. The molecule has 2 aromatic rings. The van der Waals surface area contributed by atoms with Gasteiger partial charge in [-0.2, -0.15) is 5.10 Å². The van der Waals surface area contributed by atoms with Gasteiger partial charge in [0.2, 0.25) is 0 Å². The molecule has 2 rings (SSSR count). The van der Waals surface area contributed by atoms with Crippen molar-refractivity contribution in [2.45, 2.75) is 33.2 Å². The van der Waals surface area contributed by atoms with Crippen LogP contribution in [0.4, 0.5) is 0 Å². The molecule has 0 fully saturated rings. The molecule has 0 saturated carbocycles. The topological polar surface area (TPSA) is 40.7 Å². The van der Waals surface area contributed by atoms with Crippen LogP contribution in [0.15, 0.2) is 28.9 Å². The van der Waals surface area contributed by atoms with E-state index in [1.807, 2.05) is 6.20 Å². The number of aromatic nitrogens is 2. The fourth-order valence-electron chi connectivity index (χ4n) is 2.01. The minimum absolute atomic E-state index is 0.920. The van der Waals surface area contributed by atoms with Gasteiger partial charge in [0.15, 0.2) is 0 Å². The number of nitrogens with zero attached hydrogens (tertiary/aromatic N) is 1. The third-order valence-corrected chi connectivity index (χ3v) is 4.15. The molecule has 0 spiro atoms. The normalized spacial score (nSPS) is 10.9. The molecule has 0 bridgehead atoms. The predicted molar refractivity (Wildman–Crippen MR) is 82.2 cm³/mol. The minimum Gasteiger partial charge on any atom is -0.313 e. The van der Waals surface area contributed by atoms with Crippen molar-refractivity contribution in [1.29, 1.82) is 0 Å². The summed E-state index contributed by atoms with van der Waals surface area (Å²) >= 11 is 3.56. The Hall–Kier alpha value is -1.13. The van der Waals surface area contributed by atoms with Gasteiger partial charge in [-0.05, 0) is 56.0 Å². The lowest BCUT2D eigenvalue weighted by Crippen LogP contribution is -2.15. The Bertz CT molecular complexity index is 534. The number of aryl methyl sites for hydroxylation is 3. The van der Waals surface area contributed by atoms with Gasteiger partial charge in [-0.15, -0.1) is 0 Å². The third-order valence-electron chi connectivity index (χ3n) is 3.30. The summed E-state index contributed by atoms with van der Waals surface area (Å²) in [5.41, 5.74) is 5.10. The van der Waals surface area contributed by atoms with E-state index in [2.05, 4.69) is 63.5 Å². The Morgan fingerprint density at radius 1 is 1.32 bits per heavy atom. The van der Waals surface area contributed by atoms with Crippen molar-refractivity contribution in [3.8, 4) is 0 Å². The molecule has 1 heterocycles. The summed E-state index contributed by atoms with van der Waals surface area (Å²) in [5.74, 6) is 0. The Labute approximate surface area is 122 Å². The molecule has 0 aliphatic rings. The molecule has 0 amide bonds. The molecule has 102 valence electrons. The Kier molecular flexibility index (Phi) is 5.16. The van der Waals surface area contributed by atoms with Crippen LogP contribution in [0, 0.1) is 13.8 Å². The largest absolute Gasteiger partial charge is 0.313 e. The molecule has 0 unspecified atom stereocenters. The number of nitrogens with one attached hydrogen (secondary N) is 2. The van der Waals surface area contributed by atoms with Crippen LogP contribution in [0.1, 0.15) is 28.8 Å². The fourth-order valence-corrected chi connectivity index (χ4v) is 2.44. The van der Waals surface area contributed by atoms with Crippen molar-refractivity contribution in [3.63, 3.8) is 0 Å². The maximum absolute atomic E-state index is 4.04. The second kappa shape index (κ2) is 6.87. The fraction of sp³-hybridized carbons (Fsp3) is 0.400. The summed E-state index contributed by atoms with van der Waals surface area (Å²) < 4.78 is 1.18. The summed E-state index contributed by atoms with van der Waals surface area (Å²) in [7, 11) is 0. The predicted octanol–water partition coefficient (Wildman–Crippen LogP) is 3.51. The molecule has 1 aromatic heterocycles. The maximum atomic E-state index is 4.04. The van der Waals surface area contributed by atoms with Crippen LogP contribution in [-0.2, 0) is 13.0 Å². The molecule has 19 heavy (non-hydrogen) atoms. The van der Waals surface area contributed by atoms with Gasteiger partial charge in [-0.3, -0.25) is 5.10 Å². The van der Waals surface area contributed by atoms with E-state index in [1.54, 1.807) is 0 Å². The molecular formula is C15H20BrN3. The Balaban J connectivity index is 1.69. The first-order valence-electron chi connectivity index (χ1n) is 6.61. The number of H-pyrrole nitrogens is 1. The standard InChI is InChI=1S/C15H20BrN3/c1-11-5-6-13(8-15(11)16)9-17-7-3-4-14-10-18-19-12(14)2/h5-6,8,10,17H,3-4,7,9H2,1-2H3,(H,18,19). The molecule has 0 aliphatic heterocycles. The highest BCUT2D eigenvalue weighted by atomic mass is 79.9. The zero-order valence-electron chi connectivity index (χ0n) is 11.5. The minimum atomic E-state index is 0.920. The second-order valence-corrected chi connectivity index (χ2v) is 5.74. The number of benzene rings is 1. The first kappa shape index (κ1) is 14.3. The summed E-state index contributed by atoms with van der Waals surface area (Å²) in [5, 5.41) is 10.5. The molecular weight excluding hydrogens is 302 g/mol. The van der Waals surface area contributed by atoms with Gasteiger partial charge < -0.3 is 5.32 Å². The lowest BCUT2D eigenvalue weighted by Gasteiger charge is -2.06. The quantitative estimate of drug-likeness (QED) is 0.799. The van der Waals surface area contributed by atoms with Crippen molar-refractivity contribution < 1.29 is 0 Å². The average molecular weight is 322 g/mol. The molecule has 1 aromatic carbocycles. The van der Waals surface area contributed by atoms with Gasteiger partial charge in [0.05, 0.1) is 6.20 Å². The van der Waals surface area contributed by atoms with Crippen molar-refractivity contribution in [1.82, 2.24) is 15.5 Å². The maximum Gasteiger partial charge on any atom is 0.0522 e. The van der Waals surface area contributed by atoms with Gasteiger partial charge in [0.1, 0.15) is 0 Å². The van der Waals surface area contributed by atoms with Gasteiger partial charge in [0, 0.05) is 16.7 Å². The van der Waals surface area contributed by atoms with Crippen LogP contribution in [0.25, 0.3) is 0 Å². The molecule has 0 saturated heterocycles. The van der Waals surface area contributed by atoms with E-state index < -0.39 is 0 Å². The molecule has 0 aliphatic carbocycles. The number of halogens is 1. The number of rotatable bonds is 6. The number of hydrogen-bond acceptors (Lipinski definition) is 2. The highest BCUT2D eigenvalue weighted by Crippen LogP contribution is 2.17. The molecule has 0 radical (unpaired) electrons. The first-order valence-corrected chi connectivity index (χ1v) is 7.40. The Morgan fingerprint density at radius 2 is 2.16 bits per heavy atom. The average Bonchev–Trinajstić information content (AvgIpc) is 2.79. The molecule has 4 heteroatoms. The van der Waals surface area contributed by atoms with Crippen molar-refractivity contribution in [3.05, 3.63) is 51.3 Å². The monoisotopic (exact) mass is 321 g/mol. The van der Waals surface area contributed by atoms with E-state index in [1.165, 1.54) is 26.9 Å². The van der Waals surface area contributed by atoms with Gasteiger partial charge >= 0.3 is 0 Å². The zero-order valence-corrected chi connectivity index (χ0v) is 13.0. The van der Waals surface area contributed by atoms with Crippen LogP contribution < -0.4 is 5.32 Å². The lowest BCUT2D eigenvalue weighted by atomic mass is 10.1. The van der Waals surface area contributed by atoms with Crippen molar-refractivity contribution >= 4 is 15.9 Å². The number of aromatic amines is 1. The van der Waals surface area contributed by atoms with Crippen LogP contribution in [0.3, 0.4) is 0 Å². The van der Waals surface area contributed by atoms with E-state index in [0.29, 0.717) is 0 Å². The summed E-state index contributed by atoms with van der Waals surface area (Å²) in [6.07, 6.45) is 4.13.